The van der Waals surface area contributed by atoms with Gasteiger partial charge < -0.3 is 10.7 Å². The smallest absolute Gasteiger partial charge is 0.102 e. The fourth-order valence-corrected chi connectivity index (χ4v) is 2.29. The van der Waals surface area contributed by atoms with Gasteiger partial charge in [-0.15, -0.1) is 0 Å². The number of imidazole rings is 1. The highest BCUT2D eigenvalue weighted by atomic mass is 32.1. The lowest BCUT2D eigenvalue weighted by molar-refractivity contribution is 0.290. The van der Waals surface area contributed by atoms with Crippen LogP contribution in [0.15, 0.2) is 42.9 Å². The summed E-state index contributed by atoms with van der Waals surface area (Å²) in [5.74, 6) is 0. The molecule has 1 unspecified atom stereocenters. The summed E-state index contributed by atoms with van der Waals surface area (Å²) >= 11 is 5.15. The van der Waals surface area contributed by atoms with Crippen molar-refractivity contribution in [3.63, 3.8) is 0 Å². The van der Waals surface area contributed by atoms with Gasteiger partial charge in [-0.05, 0) is 12.6 Å². The largest absolute Gasteiger partial charge is 0.392 e. The van der Waals surface area contributed by atoms with E-state index >= 15 is 0 Å². The fourth-order valence-electron chi connectivity index (χ4n) is 1.99. The van der Waals surface area contributed by atoms with Crippen molar-refractivity contribution in [2.75, 3.05) is 7.05 Å². The summed E-state index contributed by atoms with van der Waals surface area (Å²) in [5, 5.41) is 0. The van der Waals surface area contributed by atoms with Crippen molar-refractivity contribution in [1.82, 2.24) is 14.9 Å². The van der Waals surface area contributed by atoms with Gasteiger partial charge >= 0.3 is 0 Å². The van der Waals surface area contributed by atoms with Crippen LogP contribution in [0.2, 0.25) is 0 Å². The van der Waals surface area contributed by atoms with Crippen LogP contribution in [-0.4, -0.2) is 26.9 Å². The summed E-state index contributed by atoms with van der Waals surface area (Å²) in [6, 6.07) is 10.1. The molecule has 2 rings (SSSR count). The van der Waals surface area contributed by atoms with Crippen LogP contribution in [0.5, 0.6) is 0 Å². The van der Waals surface area contributed by atoms with Gasteiger partial charge in [0, 0.05) is 12.7 Å². The van der Waals surface area contributed by atoms with Gasteiger partial charge in [0.05, 0.1) is 17.0 Å². The van der Waals surface area contributed by atoms with Crippen LogP contribution in [-0.2, 0) is 6.54 Å². The number of likely N-dealkylation sites (N-methyl/N-ethyl adjacent to an activating group) is 1. The standard InChI is InChI=1S/C13H16N4S/c1-17(8-10-5-3-2-4-6-10)12(13(14)18)11-7-15-9-16-11/h2-7,9,12H,8H2,1H3,(H2,14,18)(H,15,16). The second kappa shape index (κ2) is 5.75. The van der Waals surface area contributed by atoms with Gasteiger partial charge in [-0.25, -0.2) is 4.98 Å². The molecule has 0 fully saturated rings. The number of nitrogens with two attached hydrogens (primary N) is 1. The topological polar surface area (TPSA) is 57.9 Å². The van der Waals surface area contributed by atoms with Crippen molar-refractivity contribution in [2.24, 2.45) is 5.73 Å². The lowest BCUT2D eigenvalue weighted by atomic mass is 10.1. The summed E-state index contributed by atoms with van der Waals surface area (Å²) in [6.45, 7) is 0.780. The van der Waals surface area contributed by atoms with Gasteiger partial charge in [-0.1, -0.05) is 42.5 Å². The Bertz CT molecular complexity index is 495. The summed E-state index contributed by atoms with van der Waals surface area (Å²) in [5.41, 5.74) is 7.96. The minimum Gasteiger partial charge on any atom is -0.392 e. The molecule has 1 heterocycles. The third kappa shape index (κ3) is 2.94. The van der Waals surface area contributed by atoms with E-state index in [0.717, 1.165) is 12.2 Å². The first kappa shape index (κ1) is 12.7. The zero-order valence-corrected chi connectivity index (χ0v) is 11.0. The van der Waals surface area contributed by atoms with E-state index in [-0.39, 0.29) is 6.04 Å². The lowest BCUT2D eigenvalue weighted by Crippen LogP contribution is -2.34. The molecule has 2 aromatic rings. The van der Waals surface area contributed by atoms with Gasteiger partial charge in [-0.3, -0.25) is 4.90 Å². The van der Waals surface area contributed by atoms with Crippen LogP contribution >= 0.6 is 12.2 Å². The molecule has 0 saturated carbocycles. The minimum atomic E-state index is -0.122. The predicted molar refractivity (Wildman–Crippen MR) is 76.0 cm³/mol. The molecular formula is C13H16N4S. The van der Waals surface area contributed by atoms with E-state index in [1.165, 1.54) is 5.56 Å². The van der Waals surface area contributed by atoms with Gasteiger partial charge in [0.15, 0.2) is 0 Å². The molecule has 1 aromatic heterocycles. The van der Waals surface area contributed by atoms with Crippen molar-refractivity contribution >= 4 is 17.2 Å². The first-order valence-electron chi connectivity index (χ1n) is 5.70. The molecule has 0 bridgehead atoms. The molecule has 4 nitrogen and oxygen atoms in total. The van der Waals surface area contributed by atoms with Crippen LogP contribution in [0.4, 0.5) is 0 Å². The van der Waals surface area contributed by atoms with Crippen molar-refractivity contribution in [2.45, 2.75) is 12.6 Å². The molecule has 0 spiro atoms. The summed E-state index contributed by atoms with van der Waals surface area (Å²) in [4.78, 5) is 9.63. The van der Waals surface area contributed by atoms with Crippen molar-refractivity contribution < 1.29 is 0 Å². The Labute approximate surface area is 112 Å². The van der Waals surface area contributed by atoms with E-state index < -0.39 is 0 Å². The third-order valence-corrected chi connectivity index (χ3v) is 3.02. The molecule has 3 N–H and O–H groups in total. The molecule has 0 aliphatic carbocycles. The minimum absolute atomic E-state index is 0.122. The normalized spacial score (nSPS) is 12.6. The van der Waals surface area contributed by atoms with Gasteiger partial charge in [0.1, 0.15) is 6.04 Å². The number of nitrogens with one attached hydrogen (secondary N) is 1. The Morgan fingerprint density at radius 3 is 2.72 bits per heavy atom. The second-order valence-electron chi connectivity index (χ2n) is 4.21. The van der Waals surface area contributed by atoms with Gasteiger partial charge in [0.25, 0.3) is 0 Å². The molecule has 0 aliphatic rings. The van der Waals surface area contributed by atoms with Crippen molar-refractivity contribution in [3.05, 3.63) is 54.1 Å². The number of rotatable bonds is 5. The van der Waals surface area contributed by atoms with E-state index in [9.17, 15) is 0 Å². The average molecular weight is 260 g/mol. The fraction of sp³-hybridized carbons (Fsp3) is 0.231. The average Bonchev–Trinajstić information content (AvgIpc) is 2.83. The number of nitrogens with zero attached hydrogens (tertiary/aromatic N) is 2. The van der Waals surface area contributed by atoms with E-state index in [0.29, 0.717) is 4.99 Å². The highest BCUT2D eigenvalue weighted by Gasteiger charge is 2.21. The first-order valence-corrected chi connectivity index (χ1v) is 6.11. The third-order valence-electron chi connectivity index (χ3n) is 2.80. The maximum Gasteiger partial charge on any atom is 0.102 e. The van der Waals surface area contributed by atoms with E-state index in [1.54, 1.807) is 12.5 Å². The molecule has 5 heteroatoms. The van der Waals surface area contributed by atoms with Crippen LogP contribution in [0.1, 0.15) is 17.3 Å². The number of benzene rings is 1. The van der Waals surface area contributed by atoms with Crippen molar-refractivity contribution in [1.29, 1.82) is 0 Å². The van der Waals surface area contributed by atoms with Crippen LogP contribution in [0.3, 0.4) is 0 Å². The maximum absolute atomic E-state index is 5.82. The number of hydrogen-bond donors (Lipinski definition) is 2. The highest BCUT2D eigenvalue weighted by molar-refractivity contribution is 7.80. The molecule has 0 saturated heterocycles. The number of hydrogen-bond acceptors (Lipinski definition) is 3. The highest BCUT2D eigenvalue weighted by Crippen LogP contribution is 2.19. The monoisotopic (exact) mass is 260 g/mol. The Morgan fingerprint density at radius 1 is 1.44 bits per heavy atom. The number of thiocarbonyl (C=S) groups is 1. The molecule has 18 heavy (non-hydrogen) atoms. The van der Waals surface area contributed by atoms with E-state index in [4.69, 9.17) is 18.0 Å². The molecule has 1 aromatic carbocycles. The van der Waals surface area contributed by atoms with Gasteiger partial charge in [-0.2, -0.15) is 0 Å². The Balaban J connectivity index is 2.15. The molecule has 0 aliphatic heterocycles. The molecule has 94 valence electrons. The number of aromatic nitrogens is 2. The Kier molecular flexibility index (Phi) is 4.07. The summed E-state index contributed by atoms with van der Waals surface area (Å²) in [6.07, 6.45) is 3.39. The SMILES string of the molecule is CN(Cc1ccccc1)C(C(N)=S)c1cnc[nH]1. The number of H-pyrrole nitrogens is 1. The van der Waals surface area contributed by atoms with Crippen molar-refractivity contribution in [3.8, 4) is 0 Å². The zero-order valence-electron chi connectivity index (χ0n) is 10.2. The first-order chi connectivity index (χ1) is 8.68. The predicted octanol–water partition coefficient (Wildman–Crippen LogP) is 1.87. The van der Waals surface area contributed by atoms with Crippen LogP contribution < -0.4 is 5.73 Å². The van der Waals surface area contributed by atoms with Gasteiger partial charge in [0.2, 0.25) is 0 Å². The summed E-state index contributed by atoms with van der Waals surface area (Å²) in [7, 11) is 2.00. The lowest BCUT2D eigenvalue weighted by Gasteiger charge is -2.26. The molecular weight excluding hydrogens is 244 g/mol. The maximum atomic E-state index is 5.82. The number of aromatic amines is 1. The molecule has 0 amide bonds. The Hall–Kier alpha value is -1.72. The second-order valence-corrected chi connectivity index (χ2v) is 4.68. The summed E-state index contributed by atoms with van der Waals surface area (Å²) < 4.78 is 0. The van der Waals surface area contributed by atoms with E-state index in [2.05, 4.69) is 27.0 Å². The van der Waals surface area contributed by atoms with Crippen LogP contribution in [0.25, 0.3) is 0 Å². The van der Waals surface area contributed by atoms with Crippen LogP contribution in [0, 0.1) is 0 Å². The Morgan fingerprint density at radius 2 is 2.17 bits per heavy atom. The molecule has 0 radical (unpaired) electrons. The van der Waals surface area contributed by atoms with E-state index in [1.807, 2.05) is 25.2 Å². The quantitative estimate of drug-likeness (QED) is 0.806. The molecule has 1 atom stereocenters. The zero-order chi connectivity index (χ0) is 13.0.